The van der Waals surface area contributed by atoms with Gasteiger partial charge in [0.2, 0.25) is 0 Å². The molecule has 0 spiro atoms. The molecule has 24 heavy (non-hydrogen) atoms. The van der Waals surface area contributed by atoms with Crippen molar-refractivity contribution in [1.29, 1.82) is 0 Å². The lowest BCUT2D eigenvalue weighted by atomic mass is 9.91. The van der Waals surface area contributed by atoms with Gasteiger partial charge >= 0.3 is 0 Å². The predicted molar refractivity (Wildman–Crippen MR) is 95.2 cm³/mol. The molecule has 0 saturated heterocycles. The quantitative estimate of drug-likeness (QED) is 0.777. The minimum absolute atomic E-state index is 0.269. The molecule has 1 atom stereocenters. The molecule has 2 aliphatic carbocycles. The maximum Gasteiger partial charge on any atom is 0.0961 e. The van der Waals surface area contributed by atoms with E-state index in [2.05, 4.69) is 39.9 Å². The Morgan fingerprint density at radius 1 is 1.00 bits per heavy atom. The lowest BCUT2D eigenvalue weighted by Gasteiger charge is -2.16. The van der Waals surface area contributed by atoms with Gasteiger partial charge in [-0.1, -0.05) is 18.2 Å². The van der Waals surface area contributed by atoms with Crippen LogP contribution in [-0.4, -0.2) is 14.7 Å². The highest BCUT2D eigenvalue weighted by molar-refractivity contribution is 5.77. The van der Waals surface area contributed by atoms with Gasteiger partial charge in [-0.15, -0.1) is 0 Å². The van der Waals surface area contributed by atoms with Crippen molar-refractivity contribution in [3.05, 3.63) is 64.5 Å². The second-order valence-corrected chi connectivity index (χ2v) is 7.28. The fourth-order valence-electron chi connectivity index (χ4n) is 4.36. The molecule has 0 aliphatic heterocycles. The number of imidazole rings is 1. The minimum Gasteiger partial charge on any atom is -0.388 e. The van der Waals surface area contributed by atoms with Crippen molar-refractivity contribution in [2.45, 2.75) is 51.2 Å². The summed E-state index contributed by atoms with van der Waals surface area (Å²) >= 11 is 0. The van der Waals surface area contributed by atoms with Crippen LogP contribution in [0.4, 0.5) is 0 Å². The van der Waals surface area contributed by atoms with E-state index in [0.717, 1.165) is 30.5 Å². The van der Waals surface area contributed by atoms with E-state index in [1.165, 1.54) is 53.5 Å². The third-order valence-electron chi connectivity index (χ3n) is 5.69. The van der Waals surface area contributed by atoms with E-state index < -0.39 is 0 Å². The van der Waals surface area contributed by atoms with Crippen molar-refractivity contribution >= 4 is 11.0 Å². The Balaban J connectivity index is 1.51. The molecule has 3 nitrogen and oxygen atoms in total. The van der Waals surface area contributed by atoms with Crippen molar-refractivity contribution in [2.24, 2.45) is 0 Å². The molecule has 3 heteroatoms. The first-order valence-electron chi connectivity index (χ1n) is 9.04. The van der Waals surface area contributed by atoms with Gasteiger partial charge in [0.1, 0.15) is 0 Å². The molecule has 2 aromatic carbocycles. The van der Waals surface area contributed by atoms with E-state index in [9.17, 15) is 5.11 Å². The number of aliphatic hydroxyl groups is 1. The average molecular weight is 318 g/mol. The Bertz CT molecular complexity index is 925. The highest BCUT2D eigenvalue weighted by Crippen LogP contribution is 2.32. The van der Waals surface area contributed by atoms with E-state index >= 15 is 0 Å². The molecular weight excluding hydrogens is 296 g/mol. The van der Waals surface area contributed by atoms with Gasteiger partial charge in [-0.05, 0) is 78.5 Å². The SMILES string of the molecule is O[C@H]1CCc2cc(Cn3cnc4cc5c(cc43)CCCC5)ccc21. The smallest absolute Gasteiger partial charge is 0.0961 e. The lowest BCUT2D eigenvalue weighted by molar-refractivity contribution is 0.180. The van der Waals surface area contributed by atoms with Crippen molar-refractivity contribution in [1.82, 2.24) is 9.55 Å². The van der Waals surface area contributed by atoms with Crippen LogP contribution in [0.25, 0.3) is 11.0 Å². The highest BCUT2D eigenvalue weighted by atomic mass is 16.3. The molecule has 1 N–H and O–H groups in total. The number of nitrogens with zero attached hydrogens (tertiary/aromatic N) is 2. The van der Waals surface area contributed by atoms with Gasteiger partial charge in [0.25, 0.3) is 0 Å². The van der Waals surface area contributed by atoms with Crippen molar-refractivity contribution < 1.29 is 5.11 Å². The maximum absolute atomic E-state index is 9.97. The number of aliphatic hydroxyl groups excluding tert-OH is 1. The predicted octanol–water partition coefficient (Wildman–Crippen LogP) is 3.94. The first-order chi connectivity index (χ1) is 11.8. The van der Waals surface area contributed by atoms with Crippen LogP contribution in [0.2, 0.25) is 0 Å². The van der Waals surface area contributed by atoms with Gasteiger partial charge in [0.05, 0.1) is 23.5 Å². The summed E-state index contributed by atoms with van der Waals surface area (Å²) in [6.45, 7) is 0.846. The second kappa shape index (κ2) is 5.45. The summed E-state index contributed by atoms with van der Waals surface area (Å²) in [5.41, 5.74) is 9.08. The monoisotopic (exact) mass is 318 g/mol. The Morgan fingerprint density at radius 3 is 2.71 bits per heavy atom. The summed E-state index contributed by atoms with van der Waals surface area (Å²) < 4.78 is 2.26. The number of hydrogen-bond acceptors (Lipinski definition) is 2. The summed E-state index contributed by atoms with van der Waals surface area (Å²) in [7, 11) is 0. The molecule has 0 amide bonds. The Hall–Kier alpha value is -2.13. The zero-order chi connectivity index (χ0) is 16.1. The van der Waals surface area contributed by atoms with Gasteiger partial charge < -0.3 is 9.67 Å². The number of fused-ring (bicyclic) bond motifs is 3. The van der Waals surface area contributed by atoms with E-state index in [4.69, 9.17) is 0 Å². The summed E-state index contributed by atoms with van der Waals surface area (Å²) in [6, 6.07) is 11.2. The molecule has 1 heterocycles. The molecule has 0 radical (unpaired) electrons. The maximum atomic E-state index is 9.97. The zero-order valence-corrected chi connectivity index (χ0v) is 13.8. The van der Waals surface area contributed by atoms with E-state index in [1.807, 2.05) is 6.33 Å². The summed E-state index contributed by atoms with van der Waals surface area (Å²) in [5.74, 6) is 0. The van der Waals surface area contributed by atoms with Gasteiger partial charge in [-0.25, -0.2) is 4.98 Å². The Labute approximate surface area is 142 Å². The van der Waals surface area contributed by atoms with Crippen LogP contribution < -0.4 is 0 Å². The zero-order valence-electron chi connectivity index (χ0n) is 13.8. The van der Waals surface area contributed by atoms with E-state index in [0.29, 0.717) is 0 Å². The molecule has 0 fully saturated rings. The summed E-state index contributed by atoms with van der Waals surface area (Å²) in [5, 5.41) is 9.97. The van der Waals surface area contributed by atoms with Crippen molar-refractivity contribution in [2.75, 3.05) is 0 Å². The number of rotatable bonds is 2. The number of aryl methyl sites for hydroxylation is 3. The third-order valence-corrected chi connectivity index (χ3v) is 5.69. The minimum atomic E-state index is -0.269. The lowest BCUT2D eigenvalue weighted by Crippen LogP contribution is -2.04. The number of benzene rings is 2. The molecule has 0 bridgehead atoms. The second-order valence-electron chi connectivity index (χ2n) is 7.28. The van der Waals surface area contributed by atoms with Gasteiger partial charge in [-0.2, -0.15) is 0 Å². The molecule has 3 aromatic rings. The molecule has 0 unspecified atom stereocenters. The van der Waals surface area contributed by atoms with Crippen LogP contribution in [0.5, 0.6) is 0 Å². The van der Waals surface area contributed by atoms with E-state index in [-0.39, 0.29) is 6.10 Å². The third kappa shape index (κ3) is 2.27. The Morgan fingerprint density at radius 2 is 1.83 bits per heavy atom. The van der Waals surface area contributed by atoms with Crippen molar-refractivity contribution in [3.8, 4) is 0 Å². The van der Waals surface area contributed by atoms with Gasteiger partial charge in [0, 0.05) is 6.54 Å². The van der Waals surface area contributed by atoms with E-state index in [1.54, 1.807) is 0 Å². The van der Waals surface area contributed by atoms with Crippen LogP contribution >= 0.6 is 0 Å². The van der Waals surface area contributed by atoms with Crippen LogP contribution in [-0.2, 0) is 25.8 Å². The summed E-state index contributed by atoms with van der Waals surface area (Å²) in [6.07, 6.45) is 8.56. The Kier molecular flexibility index (Phi) is 3.23. The highest BCUT2D eigenvalue weighted by Gasteiger charge is 2.20. The van der Waals surface area contributed by atoms with Gasteiger partial charge in [0.15, 0.2) is 0 Å². The molecular formula is C21H22N2O. The molecule has 2 aliphatic rings. The van der Waals surface area contributed by atoms with Crippen LogP contribution in [0.15, 0.2) is 36.7 Å². The first-order valence-corrected chi connectivity index (χ1v) is 9.04. The fraction of sp³-hybridized carbons (Fsp3) is 0.381. The molecule has 1 aromatic heterocycles. The van der Waals surface area contributed by atoms with Crippen LogP contribution in [0.1, 0.15) is 53.2 Å². The fourth-order valence-corrected chi connectivity index (χ4v) is 4.36. The summed E-state index contributed by atoms with van der Waals surface area (Å²) in [4.78, 5) is 4.63. The normalized spacial score (nSPS) is 19.5. The number of hydrogen-bond donors (Lipinski definition) is 1. The van der Waals surface area contributed by atoms with Crippen LogP contribution in [0.3, 0.4) is 0 Å². The van der Waals surface area contributed by atoms with Gasteiger partial charge in [-0.3, -0.25) is 0 Å². The largest absolute Gasteiger partial charge is 0.388 e. The average Bonchev–Trinajstić information content (AvgIpc) is 3.17. The van der Waals surface area contributed by atoms with Crippen LogP contribution in [0, 0.1) is 0 Å². The standard InChI is InChI=1S/C21H22N2O/c24-21-8-6-17-9-14(5-7-18(17)21)12-23-13-22-19-10-15-3-1-2-4-16(15)11-20(19)23/h5,7,9-11,13,21,24H,1-4,6,8,12H2/t21-/m0/s1. The molecule has 5 rings (SSSR count). The molecule has 122 valence electrons. The molecule has 0 saturated carbocycles. The number of aromatic nitrogens is 2. The first kappa shape index (κ1) is 14.2. The topological polar surface area (TPSA) is 38.0 Å². The van der Waals surface area contributed by atoms with Crippen molar-refractivity contribution in [3.63, 3.8) is 0 Å².